The predicted molar refractivity (Wildman–Crippen MR) is 139 cm³/mol. The molecule has 4 amide bonds. The SMILES string of the molecule is Cc1cc(/C=C2/C(=O)NC(=O)N(C3CCCC3)C2=O)c(C)n1-c1ccc(N2CCCCC2)c([N+](=O)[O-])c1. The number of benzene rings is 1. The fraction of sp³-hybridized carbons (Fsp3) is 0.444. The number of nitro benzene ring substituents is 1. The second kappa shape index (κ2) is 9.84. The van der Waals surface area contributed by atoms with E-state index in [4.69, 9.17) is 0 Å². The number of rotatable bonds is 5. The molecule has 1 aromatic carbocycles. The molecule has 0 spiro atoms. The third-order valence-corrected chi connectivity index (χ3v) is 7.70. The summed E-state index contributed by atoms with van der Waals surface area (Å²) in [5.41, 5.74) is 3.40. The molecular weight excluding hydrogens is 474 g/mol. The molecular formula is C27H31N5O5. The second-order valence-corrected chi connectivity index (χ2v) is 10.1. The number of aromatic nitrogens is 1. The quantitative estimate of drug-likeness (QED) is 0.279. The van der Waals surface area contributed by atoms with E-state index < -0.39 is 17.8 Å². The molecule has 2 saturated heterocycles. The Morgan fingerprint density at radius 1 is 1.00 bits per heavy atom. The molecule has 37 heavy (non-hydrogen) atoms. The number of urea groups is 1. The van der Waals surface area contributed by atoms with Crippen LogP contribution in [0.25, 0.3) is 11.8 Å². The maximum Gasteiger partial charge on any atom is 0.331 e. The van der Waals surface area contributed by atoms with E-state index in [0.29, 0.717) is 16.9 Å². The first kappa shape index (κ1) is 24.7. The van der Waals surface area contributed by atoms with Gasteiger partial charge in [0.15, 0.2) is 0 Å². The zero-order valence-electron chi connectivity index (χ0n) is 21.2. The third-order valence-electron chi connectivity index (χ3n) is 7.70. The van der Waals surface area contributed by atoms with Crippen LogP contribution in [0.15, 0.2) is 29.8 Å². The van der Waals surface area contributed by atoms with E-state index in [1.807, 2.05) is 30.5 Å². The third kappa shape index (κ3) is 4.52. The molecule has 0 atom stereocenters. The van der Waals surface area contributed by atoms with Crippen molar-refractivity contribution in [2.75, 3.05) is 18.0 Å². The Morgan fingerprint density at radius 3 is 2.38 bits per heavy atom. The number of nitrogens with zero attached hydrogens (tertiary/aromatic N) is 4. The predicted octanol–water partition coefficient (Wildman–Crippen LogP) is 4.40. The highest BCUT2D eigenvalue weighted by atomic mass is 16.6. The van der Waals surface area contributed by atoms with Gasteiger partial charge in [0.1, 0.15) is 11.3 Å². The Morgan fingerprint density at radius 2 is 1.70 bits per heavy atom. The first-order valence-electron chi connectivity index (χ1n) is 12.9. The normalized spacial score (nSPS) is 20.2. The van der Waals surface area contributed by atoms with Crippen molar-refractivity contribution in [3.63, 3.8) is 0 Å². The van der Waals surface area contributed by atoms with Gasteiger partial charge in [-0.1, -0.05) is 12.8 Å². The minimum absolute atomic E-state index is 0.0550. The fourth-order valence-corrected chi connectivity index (χ4v) is 5.85. The van der Waals surface area contributed by atoms with E-state index in [2.05, 4.69) is 10.2 Å². The zero-order chi connectivity index (χ0) is 26.3. The van der Waals surface area contributed by atoms with Crippen LogP contribution >= 0.6 is 0 Å². The number of piperidine rings is 1. The van der Waals surface area contributed by atoms with Crippen molar-refractivity contribution in [2.24, 2.45) is 0 Å². The van der Waals surface area contributed by atoms with Crippen molar-refractivity contribution in [2.45, 2.75) is 64.8 Å². The van der Waals surface area contributed by atoms with E-state index in [1.54, 1.807) is 12.1 Å². The van der Waals surface area contributed by atoms with Crippen molar-refractivity contribution in [3.8, 4) is 5.69 Å². The van der Waals surface area contributed by atoms with Gasteiger partial charge in [-0.25, -0.2) is 4.79 Å². The van der Waals surface area contributed by atoms with Crippen molar-refractivity contribution in [1.82, 2.24) is 14.8 Å². The summed E-state index contributed by atoms with van der Waals surface area (Å²) >= 11 is 0. The molecule has 0 radical (unpaired) electrons. The van der Waals surface area contributed by atoms with Gasteiger partial charge in [0, 0.05) is 36.6 Å². The molecule has 1 N–H and O–H groups in total. The van der Waals surface area contributed by atoms with Gasteiger partial charge >= 0.3 is 6.03 Å². The summed E-state index contributed by atoms with van der Waals surface area (Å²) in [6, 6.07) is 6.23. The van der Waals surface area contributed by atoms with Crippen LogP contribution < -0.4 is 10.2 Å². The highest BCUT2D eigenvalue weighted by Crippen LogP contribution is 2.34. The first-order valence-corrected chi connectivity index (χ1v) is 12.9. The lowest BCUT2D eigenvalue weighted by Gasteiger charge is -2.31. The summed E-state index contributed by atoms with van der Waals surface area (Å²) < 4.78 is 1.88. The Hall–Kier alpha value is -3.95. The van der Waals surface area contributed by atoms with Gasteiger partial charge in [0.2, 0.25) is 0 Å². The van der Waals surface area contributed by atoms with Gasteiger partial charge in [-0.2, -0.15) is 0 Å². The number of anilines is 1. The number of nitro groups is 1. The summed E-state index contributed by atoms with van der Waals surface area (Å²) in [5.74, 6) is -1.29. The molecule has 5 rings (SSSR count). The molecule has 3 heterocycles. The molecule has 10 heteroatoms. The van der Waals surface area contributed by atoms with Crippen molar-refractivity contribution in [3.05, 3.63) is 56.9 Å². The van der Waals surface area contributed by atoms with Gasteiger partial charge in [0.25, 0.3) is 17.5 Å². The monoisotopic (exact) mass is 505 g/mol. The molecule has 1 aromatic heterocycles. The molecule has 1 saturated carbocycles. The van der Waals surface area contributed by atoms with E-state index in [1.165, 1.54) is 11.0 Å². The average molecular weight is 506 g/mol. The lowest BCUT2D eigenvalue weighted by atomic mass is 10.1. The van der Waals surface area contributed by atoms with E-state index in [0.717, 1.165) is 69.4 Å². The number of carbonyl (C=O) groups is 3. The van der Waals surface area contributed by atoms with Crippen LogP contribution in [0.4, 0.5) is 16.2 Å². The maximum absolute atomic E-state index is 13.2. The first-order chi connectivity index (χ1) is 17.8. The second-order valence-electron chi connectivity index (χ2n) is 10.1. The minimum Gasteiger partial charge on any atom is -0.366 e. The number of hydrogen-bond acceptors (Lipinski definition) is 6. The summed E-state index contributed by atoms with van der Waals surface area (Å²) in [4.78, 5) is 53.1. The number of barbiturate groups is 1. The van der Waals surface area contributed by atoms with Crippen molar-refractivity contribution < 1.29 is 19.3 Å². The van der Waals surface area contributed by atoms with Gasteiger partial charge in [-0.05, 0) is 75.8 Å². The minimum atomic E-state index is -0.712. The Kier molecular flexibility index (Phi) is 6.57. The zero-order valence-corrected chi connectivity index (χ0v) is 21.2. The van der Waals surface area contributed by atoms with Crippen LogP contribution in [-0.4, -0.2) is 51.4 Å². The van der Waals surface area contributed by atoms with Gasteiger partial charge in [0.05, 0.1) is 10.6 Å². The maximum atomic E-state index is 13.2. The summed E-state index contributed by atoms with van der Waals surface area (Å²) in [6.45, 7) is 5.32. The lowest BCUT2D eigenvalue weighted by Crippen LogP contribution is -2.57. The Bertz CT molecular complexity index is 1310. The van der Waals surface area contributed by atoms with E-state index in [9.17, 15) is 24.5 Å². The van der Waals surface area contributed by atoms with Gasteiger partial charge in [-0.15, -0.1) is 0 Å². The Balaban J connectivity index is 1.50. The number of imide groups is 2. The van der Waals surface area contributed by atoms with Crippen LogP contribution in [-0.2, 0) is 9.59 Å². The molecule has 1 aliphatic carbocycles. The molecule has 3 aliphatic rings. The number of nitrogens with one attached hydrogen (secondary N) is 1. The molecule has 0 unspecified atom stereocenters. The molecule has 2 aromatic rings. The van der Waals surface area contributed by atoms with Crippen LogP contribution in [0.3, 0.4) is 0 Å². The summed E-state index contributed by atoms with van der Waals surface area (Å²) in [5, 5.41) is 14.3. The fourth-order valence-electron chi connectivity index (χ4n) is 5.85. The number of amides is 4. The van der Waals surface area contributed by atoms with Crippen LogP contribution in [0.5, 0.6) is 0 Å². The molecule has 3 fully saturated rings. The number of aryl methyl sites for hydroxylation is 1. The lowest BCUT2D eigenvalue weighted by molar-refractivity contribution is -0.384. The van der Waals surface area contributed by atoms with Crippen molar-refractivity contribution >= 4 is 35.3 Å². The highest BCUT2D eigenvalue weighted by molar-refractivity contribution is 6.31. The Labute approximate surface area is 215 Å². The van der Waals surface area contributed by atoms with E-state index >= 15 is 0 Å². The molecule has 2 aliphatic heterocycles. The standard InChI is InChI=1S/C27H31N5O5/c1-17-14-19(15-22-25(33)28-27(35)31(26(22)34)20-8-4-5-9-20)18(2)30(17)21-10-11-23(24(16-21)32(36)37)29-12-6-3-7-13-29/h10-11,14-16,20H,3-9,12-13H2,1-2H3,(H,28,33,35)/b22-15-. The molecule has 194 valence electrons. The smallest absolute Gasteiger partial charge is 0.331 e. The number of hydrogen-bond donors (Lipinski definition) is 1. The molecule has 10 nitrogen and oxygen atoms in total. The van der Waals surface area contributed by atoms with Crippen molar-refractivity contribution in [1.29, 1.82) is 0 Å². The summed E-state index contributed by atoms with van der Waals surface area (Å²) in [7, 11) is 0. The van der Waals surface area contributed by atoms with Gasteiger partial charge in [-0.3, -0.25) is 29.9 Å². The average Bonchev–Trinajstić information content (AvgIpc) is 3.49. The van der Waals surface area contributed by atoms with E-state index in [-0.39, 0.29) is 22.2 Å². The summed E-state index contributed by atoms with van der Waals surface area (Å²) in [6.07, 6.45) is 8.04. The largest absolute Gasteiger partial charge is 0.366 e. The highest BCUT2D eigenvalue weighted by Gasteiger charge is 2.40. The molecule has 0 bridgehead atoms. The van der Waals surface area contributed by atoms with Crippen LogP contribution in [0.2, 0.25) is 0 Å². The van der Waals surface area contributed by atoms with Gasteiger partial charge < -0.3 is 9.47 Å². The van der Waals surface area contributed by atoms with Crippen LogP contribution in [0, 0.1) is 24.0 Å². The number of carbonyl (C=O) groups excluding carboxylic acids is 3. The topological polar surface area (TPSA) is 118 Å². The van der Waals surface area contributed by atoms with Crippen LogP contribution in [0.1, 0.15) is 61.9 Å².